The molecular weight excluding hydrogens is 323 g/mol. The van der Waals surface area contributed by atoms with E-state index in [0.717, 1.165) is 44.5 Å². The van der Waals surface area contributed by atoms with Crippen LogP contribution in [0.1, 0.15) is 29.8 Å². The number of rotatable bonds is 1. The number of halogens is 2. The number of nitrogens with one attached hydrogen (secondary N) is 1. The van der Waals surface area contributed by atoms with Crippen LogP contribution in [-0.4, -0.2) is 45.4 Å². The van der Waals surface area contributed by atoms with E-state index in [-0.39, 0.29) is 36.3 Å². The summed E-state index contributed by atoms with van der Waals surface area (Å²) in [7, 11) is 0. The predicted octanol–water partition coefficient (Wildman–Crippen LogP) is 2.15. The molecule has 2 aromatic heterocycles. The van der Waals surface area contributed by atoms with Crippen LogP contribution in [0.15, 0.2) is 30.6 Å². The largest absolute Gasteiger partial charge is 0.331 e. The lowest BCUT2D eigenvalue weighted by Gasteiger charge is -2.54. The number of pyridine rings is 1. The zero-order valence-electron chi connectivity index (χ0n) is 12.2. The minimum absolute atomic E-state index is 0. The highest BCUT2D eigenvalue weighted by atomic mass is 35.5. The fraction of sp³-hybridized carbons (Fsp3) is 0.467. The maximum Gasteiger partial charge on any atom is 0.274 e. The van der Waals surface area contributed by atoms with E-state index in [0.29, 0.717) is 5.69 Å². The van der Waals surface area contributed by atoms with E-state index in [4.69, 9.17) is 0 Å². The Bertz CT molecular complexity index is 633. The molecule has 0 unspecified atom stereocenters. The molecule has 4 heterocycles. The first-order valence-electron chi connectivity index (χ1n) is 7.25. The molecule has 0 aromatic carbocycles. The Balaban J connectivity index is 0.000000882. The summed E-state index contributed by atoms with van der Waals surface area (Å²) < 4.78 is 1.90. The molecule has 1 amide bonds. The fourth-order valence-electron chi connectivity index (χ4n) is 3.44. The summed E-state index contributed by atoms with van der Waals surface area (Å²) in [5.41, 5.74) is 1.49. The van der Waals surface area contributed by atoms with Crippen LogP contribution < -0.4 is 5.32 Å². The van der Waals surface area contributed by atoms with Crippen molar-refractivity contribution in [1.29, 1.82) is 0 Å². The van der Waals surface area contributed by atoms with Gasteiger partial charge in [0.05, 0.1) is 0 Å². The van der Waals surface area contributed by atoms with Crippen LogP contribution in [0.2, 0.25) is 0 Å². The molecule has 0 radical (unpaired) electrons. The van der Waals surface area contributed by atoms with Crippen LogP contribution in [0.5, 0.6) is 0 Å². The van der Waals surface area contributed by atoms with E-state index in [1.807, 2.05) is 39.9 Å². The lowest BCUT2D eigenvalue weighted by Crippen LogP contribution is -2.65. The van der Waals surface area contributed by atoms with E-state index in [1.165, 1.54) is 0 Å². The fourth-order valence-corrected chi connectivity index (χ4v) is 3.44. The third-order valence-corrected chi connectivity index (χ3v) is 4.74. The quantitative estimate of drug-likeness (QED) is 0.863. The average molecular weight is 343 g/mol. The monoisotopic (exact) mass is 342 g/mol. The Kier molecular flexibility index (Phi) is 5.00. The molecule has 2 fully saturated rings. The SMILES string of the molecule is Cl.Cl.O=C(c1cn2ccccc2n1)N1CCC12CCNCC2. The standard InChI is InChI=1S/C15H18N4O.2ClH/c20-14(12-11-18-9-2-1-3-13(18)17-12)19-10-6-15(19)4-7-16-8-5-15;;/h1-3,9,11,16H,4-8,10H2;2*1H. The molecule has 2 saturated heterocycles. The molecule has 7 heteroatoms. The maximum absolute atomic E-state index is 12.7. The molecule has 2 aromatic rings. The number of hydrogen-bond donors (Lipinski definition) is 1. The highest BCUT2D eigenvalue weighted by molar-refractivity contribution is 5.94. The Morgan fingerprint density at radius 2 is 1.95 bits per heavy atom. The van der Waals surface area contributed by atoms with Crippen molar-refractivity contribution in [2.24, 2.45) is 0 Å². The zero-order chi connectivity index (χ0) is 13.6. The number of aromatic nitrogens is 2. The Labute approximate surface area is 141 Å². The molecule has 0 aliphatic carbocycles. The second-order valence-electron chi connectivity index (χ2n) is 5.77. The molecule has 1 N–H and O–H groups in total. The van der Waals surface area contributed by atoms with Gasteiger partial charge in [-0.15, -0.1) is 24.8 Å². The zero-order valence-corrected chi connectivity index (χ0v) is 13.8. The summed E-state index contributed by atoms with van der Waals surface area (Å²) in [5.74, 6) is 0.0850. The number of carbonyl (C=O) groups is 1. The minimum atomic E-state index is 0. The van der Waals surface area contributed by atoms with E-state index >= 15 is 0 Å². The molecule has 120 valence electrons. The number of imidazole rings is 1. The first-order chi connectivity index (χ1) is 9.78. The number of fused-ring (bicyclic) bond motifs is 1. The molecule has 0 bridgehead atoms. The van der Waals surface area contributed by atoms with Gasteiger partial charge in [0.2, 0.25) is 0 Å². The summed E-state index contributed by atoms with van der Waals surface area (Å²) in [6.07, 6.45) is 7.02. The third-order valence-electron chi connectivity index (χ3n) is 4.74. The van der Waals surface area contributed by atoms with Gasteiger partial charge in [-0.25, -0.2) is 4.98 Å². The number of amides is 1. The van der Waals surface area contributed by atoms with E-state index in [2.05, 4.69) is 10.3 Å². The maximum atomic E-state index is 12.7. The van der Waals surface area contributed by atoms with Crippen LogP contribution >= 0.6 is 24.8 Å². The van der Waals surface area contributed by atoms with Crippen molar-refractivity contribution in [1.82, 2.24) is 19.6 Å². The first kappa shape index (κ1) is 17.1. The van der Waals surface area contributed by atoms with Gasteiger partial charge < -0.3 is 14.6 Å². The van der Waals surface area contributed by atoms with Gasteiger partial charge in [-0.1, -0.05) is 6.07 Å². The molecule has 0 saturated carbocycles. The normalized spacial score (nSPS) is 19.2. The second kappa shape index (κ2) is 6.44. The molecule has 4 rings (SSSR count). The summed E-state index contributed by atoms with van der Waals surface area (Å²) in [6, 6.07) is 5.81. The minimum Gasteiger partial charge on any atom is -0.331 e. The van der Waals surface area contributed by atoms with Gasteiger partial charge in [-0.2, -0.15) is 0 Å². The first-order valence-corrected chi connectivity index (χ1v) is 7.25. The average Bonchev–Trinajstić information content (AvgIpc) is 2.91. The van der Waals surface area contributed by atoms with Crippen LogP contribution in [0.4, 0.5) is 0 Å². The lowest BCUT2D eigenvalue weighted by molar-refractivity contribution is -0.0197. The van der Waals surface area contributed by atoms with Crippen LogP contribution in [0.25, 0.3) is 5.65 Å². The van der Waals surface area contributed by atoms with Crippen LogP contribution in [0, 0.1) is 0 Å². The van der Waals surface area contributed by atoms with Crippen molar-refractivity contribution in [2.45, 2.75) is 24.8 Å². The Morgan fingerprint density at radius 3 is 2.59 bits per heavy atom. The topological polar surface area (TPSA) is 49.6 Å². The number of carbonyl (C=O) groups excluding carboxylic acids is 1. The Morgan fingerprint density at radius 1 is 1.18 bits per heavy atom. The number of likely N-dealkylation sites (tertiary alicyclic amines) is 1. The summed E-state index contributed by atoms with van der Waals surface area (Å²) in [4.78, 5) is 19.2. The molecule has 22 heavy (non-hydrogen) atoms. The van der Waals surface area contributed by atoms with Crippen molar-refractivity contribution in [2.75, 3.05) is 19.6 Å². The van der Waals surface area contributed by atoms with Crippen LogP contribution in [0.3, 0.4) is 0 Å². The summed E-state index contributed by atoms with van der Waals surface area (Å²) >= 11 is 0. The van der Waals surface area contributed by atoms with Gasteiger partial charge >= 0.3 is 0 Å². The van der Waals surface area contributed by atoms with Crippen molar-refractivity contribution in [3.05, 3.63) is 36.3 Å². The number of piperidine rings is 1. The van der Waals surface area contributed by atoms with Gasteiger partial charge in [0.25, 0.3) is 5.91 Å². The van der Waals surface area contributed by atoms with E-state index in [9.17, 15) is 4.79 Å². The summed E-state index contributed by atoms with van der Waals surface area (Å²) in [6.45, 7) is 2.89. The van der Waals surface area contributed by atoms with Gasteiger partial charge in [-0.05, 0) is 44.5 Å². The molecular formula is C15H20Cl2N4O. The van der Waals surface area contributed by atoms with Crippen molar-refractivity contribution >= 4 is 36.4 Å². The van der Waals surface area contributed by atoms with Crippen molar-refractivity contribution in [3.63, 3.8) is 0 Å². The number of nitrogens with zero attached hydrogens (tertiary/aromatic N) is 3. The smallest absolute Gasteiger partial charge is 0.274 e. The highest BCUT2D eigenvalue weighted by Gasteiger charge is 2.48. The molecule has 0 atom stereocenters. The van der Waals surface area contributed by atoms with Gasteiger partial charge in [0.1, 0.15) is 11.3 Å². The van der Waals surface area contributed by atoms with E-state index in [1.54, 1.807) is 0 Å². The van der Waals surface area contributed by atoms with Gasteiger partial charge in [-0.3, -0.25) is 4.79 Å². The number of hydrogen-bond acceptors (Lipinski definition) is 3. The predicted molar refractivity (Wildman–Crippen MR) is 90.2 cm³/mol. The molecule has 2 aliphatic rings. The van der Waals surface area contributed by atoms with E-state index < -0.39 is 0 Å². The van der Waals surface area contributed by atoms with Crippen molar-refractivity contribution < 1.29 is 4.79 Å². The van der Waals surface area contributed by atoms with Crippen LogP contribution in [-0.2, 0) is 0 Å². The lowest BCUT2D eigenvalue weighted by atomic mass is 9.76. The molecule has 5 nitrogen and oxygen atoms in total. The third kappa shape index (κ3) is 2.57. The highest BCUT2D eigenvalue weighted by Crippen LogP contribution is 2.39. The Hall–Kier alpha value is -1.30. The van der Waals surface area contributed by atoms with Gasteiger partial charge in [0.15, 0.2) is 0 Å². The van der Waals surface area contributed by atoms with Crippen molar-refractivity contribution in [3.8, 4) is 0 Å². The second-order valence-corrected chi connectivity index (χ2v) is 5.77. The van der Waals surface area contributed by atoms with Gasteiger partial charge in [0, 0.05) is 24.5 Å². The molecule has 1 spiro atoms. The molecule has 2 aliphatic heterocycles. The summed E-state index contributed by atoms with van der Waals surface area (Å²) in [5, 5.41) is 3.37.